The van der Waals surface area contributed by atoms with Crippen molar-refractivity contribution in [3.05, 3.63) is 108 Å². The molecule has 0 unspecified atom stereocenters. The Hall–Kier alpha value is -4.12. The van der Waals surface area contributed by atoms with Crippen LogP contribution in [0.3, 0.4) is 0 Å². The summed E-state index contributed by atoms with van der Waals surface area (Å²) >= 11 is 0. The lowest BCUT2D eigenvalue weighted by molar-refractivity contribution is 0.0951. The molecule has 1 amide bonds. The highest BCUT2D eigenvalue weighted by Gasteiger charge is 2.17. The lowest BCUT2D eigenvalue weighted by Gasteiger charge is -2.10. The first-order valence-electron chi connectivity index (χ1n) is 10.1. The zero-order valence-electron chi connectivity index (χ0n) is 17.7. The number of hydrogen-bond acceptors (Lipinski definition) is 5. The van der Waals surface area contributed by atoms with Crippen molar-refractivity contribution in [2.24, 2.45) is 0 Å². The topological polar surface area (TPSA) is 106 Å². The van der Waals surface area contributed by atoms with Gasteiger partial charge >= 0.3 is 0 Å². The number of sulfonamides is 1. The molecule has 0 saturated carbocycles. The molecule has 0 spiro atoms. The van der Waals surface area contributed by atoms with E-state index in [0.717, 1.165) is 23.3 Å². The van der Waals surface area contributed by atoms with E-state index in [2.05, 4.69) is 20.1 Å². The number of amides is 1. The van der Waals surface area contributed by atoms with E-state index in [9.17, 15) is 22.0 Å². The molecule has 0 fully saturated rings. The molecule has 34 heavy (non-hydrogen) atoms. The fraction of sp³-hybridized carbons (Fsp3) is 0.0870. The predicted octanol–water partition coefficient (Wildman–Crippen LogP) is 3.34. The second kappa shape index (κ2) is 9.79. The van der Waals surface area contributed by atoms with E-state index in [1.54, 1.807) is 11.0 Å². The molecule has 1 heterocycles. The van der Waals surface area contributed by atoms with Crippen molar-refractivity contribution >= 4 is 21.6 Å². The number of nitrogens with zero attached hydrogens (tertiary/aromatic N) is 3. The average Bonchev–Trinajstić information content (AvgIpc) is 3.33. The number of carbonyl (C=O) groups is 1. The normalized spacial score (nSPS) is 11.2. The van der Waals surface area contributed by atoms with Gasteiger partial charge in [0, 0.05) is 17.8 Å². The molecule has 0 atom stereocenters. The smallest absolute Gasteiger partial charge is 0.261 e. The van der Waals surface area contributed by atoms with Crippen LogP contribution < -0.4 is 10.0 Å². The van der Waals surface area contributed by atoms with Crippen LogP contribution in [0.15, 0.2) is 84.3 Å². The largest absolute Gasteiger partial charge is 0.348 e. The summed E-state index contributed by atoms with van der Waals surface area (Å²) in [5.74, 6) is -2.74. The Bertz CT molecular complexity index is 1410. The zero-order valence-corrected chi connectivity index (χ0v) is 18.5. The van der Waals surface area contributed by atoms with Crippen LogP contribution in [0.25, 0.3) is 0 Å². The summed E-state index contributed by atoms with van der Waals surface area (Å²) in [5.41, 5.74) is 2.41. The summed E-state index contributed by atoms with van der Waals surface area (Å²) in [6.45, 7) is 0.859. The number of nitrogens with one attached hydrogen (secondary N) is 2. The highest BCUT2D eigenvalue weighted by molar-refractivity contribution is 7.92. The first-order chi connectivity index (χ1) is 16.3. The number of carbonyl (C=O) groups excluding carboxylic acids is 1. The van der Waals surface area contributed by atoms with Gasteiger partial charge in [0.1, 0.15) is 12.7 Å². The molecule has 0 aliphatic heterocycles. The average molecular weight is 484 g/mol. The van der Waals surface area contributed by atoms with Crippen molar-refractivity contribution in [1.29, 1.82) is 0 Å². The maximum atomic E-state index is 13.4. The van der Waals surface area contributed by atoms with Gasteiger partial charge in [0.25, 0.3) is 15.9 Å². The van der Waals surface area contributed by atoms with Crippen molar-refractivity contribution in [1.82, 2.24) is 20.1 Å². The van der Waals surface area contributed by atoms with Crippen LogP contribution in [0.1, 0.15) is 21.5 Å². The number of hydrogen-bond donors (Lipinski definition) is 2. The summed E-state index contributed by atoms with van der Waals surface area (Å²) < 4.78 is 55.2. The minimum Gasteiger partial charge on any atom is -0.348 e. The molecule has 0 saturated heterocycles. The Labute approximate surface area is 194 Å². The molecule has 0 radical (unpaired) electrons. The minimum atomic E-state index is -4.12. The van der Waals surface area contributed by atoms with Crippen molar-refractivity contribution in [3.8, 4) is 0 Å². The van der Waals surface area contributed by atoms with Gasteiger partial charge in [-0.2, -0.15) is 5.10 Å². The van der Waals surface area contributed by atoms with Crippen LogP contribution in [0.4, 0.5) is 14.5 Å². The molecular weight excluding hydrogens is 464 g/mol. The van der Waals surface area contributed by atoms with Crippen LogP contribution in [0.2, 0.25) is 0 Å². The molecule has 0 aliphatic carbocycles. The van der Waals surface area contributed by atoms with Crippen molar-refractivity contribution in [2.75, 3.05) is 4.72 Å². The number of halogens is 2. The summed E-state index contributed by atoms with van der Waals surface area (Å²) in [4.78, 5) is 16.0. The van der Waals surface area contributed by atoms with Crippen LogP contribution in [0.5, 0.6) is 0 Å². The van der Waals surface area contributed by atoms with E-state index in [0.29, 0.717) is 24.7 Å². The Morgan fingerprint density at radius 1 is 0.941 bits per heavy atom. The molecule has 0 bridgehead atoms. The SMILES string of the molecule is O=C(NCc1cccc(Cn2cncn2)c1)c1ccc(NS(=O)(=O)c2ccc(F)c(F)c2)cc1. The van der Waals surface area contributed by atoms with Gasteiger partial charge in [-0.15, -0.1) is 0 Å². The molecule has 11 heteroatoms. The fourth-order valence-corrected chi connectivity index (χ4v) is 4.24. The van der Waals surface area contributed by atoms with Crippen molar-refractivity contribution in [3.63, 3.8) is 0 Å². The first-order valence-corrected chi connectivity index (χ1v) is 11.5. The van der Waals surface area contributed by atoms with E-state index >= 15 is 0 Å². The number of rotatable bonds is 8. The van der Waals surface area contributed by atoms with Gasteiger partial charge in [-0.05, 0) is 53.6 Å². The van der Waals surface area contributed by atoms with Crippen LogP contribution in [-0.4, -0.2) is 29.1 Å². The Morgan fingerprint density at radius 2 is 1.71 bits per heavy atom. The second-order valence-electron chi connectivity index (χ2n) is 7.35. The Morgan fingerprint density at radius 3 is 2.41 bits per heavy atom. The third kappa shape index (κ3) is 5.62. The molecule has 2 N–H and O–H groups in total. The third-order valence-electron chi connectivity index (χ3n) is 4.86. The summed E-state index contributed by atoms with van der Waals surface area (Å²) in [7, 11) is -4.12. The molecule has 4 rings (SSSR count). The zero-order chi connectivity index (χ0) is 24.1. The molecule has 8 nitrogen and oxygen atoms in total. The molecule has 4 aromatic rings. The van der Waals surface area contributed by atoms with Crippen LogP contribution >= 0.6 is 0 Å². The molecular formula is C23H19F2N5O3S. The van der Waals surface area contributed by atoms with Gasteiger partial charge in [-0.3, -0.25) is 9.52 Å². The van der Waals surface area contributed by atoms with E-state index < -0.39 is 26.6 Å². The van der Waals surface area contributed by atoms with Crippen LogP contribution in [0, 0.1) is 11.6 Å². The van der Waals surface area contributed by atoms with Gasteiger partial charge < -0.3 is 5.32 Å². The Balaban J connectivity index is 1.36. The lowest BCUT2D eigenvalue weighted by atomic mass is 10.1. The quantitative estimate of drug-likeness (QED) is 0.400. The molecule has 0 aliphatic rings. The predicted molar refractivity (Wildman–Crippen MR) is 120 cm³/mol. The van der Waals surface area contributed by atoms with Crippen LogP contribution in [-0.2, 0) is 23.1 Å². The highest BCUT2D eigenvalue weighted by atomic mass is 32.2. The standard InChI is InChI=1S/C23H19F2N5O3S/c24-21-9-8-20(11-22(21)25)34(32,33)29-19-6-4-18(5-7-19)23(31)27-12-16-2-1-3-17(10-16)13-30-15-26-14-28-30/h1-11,14-15,29H,12-13H2,(H,27,31). The maximum Gasteiger partial charge on any atom is 0.261 e. The number of aromatic nitrogens is 3. The second-order valence-corrected chi connectivity index (χ2v) is 9.04. The number of benzene rings is 3. The molecule has 3 aromatic carbocycles. The number of anilines is 1. The van der Waals surface area contributed by atoms with Crippen molar-refractivity contribution in [2.45, 2.75) is 18.0 Å². The summed E-state index contributed by atoms with van der Waals surface area (Å²) in [6, 6.07) is 15.7. The van der Waals surface area contributed by atoms with Gasteiger partial charge in [-0.25, -0.2) is 26.9 Å². The summed E-state index contributed by atoms with van der Waals surface area (Å²) in [5, 5.41) is 6.89. The van der Waals surface area contributed by atoms with Crippen molar-refractivity contribution < 1.29 is 22.0 Å². The minimum absolute atomic E-state index is 0.169. The molecule has 1 aromatic heterocycles. The van der Waals surface area contributed by atoms with E-state index in [4.69, 9.17) is 0 Å². The molecule has 174 valence electrons. The van der Waals surface area contributed by atoms with Gasteiger partial charge in [-0.1, -0.05) is 24.3 Å². The van der Waals surface area contributed by atoms with Gasteiger partial charge in [0.15, 0.2) is 11.6 Å². The van der Waals surface area contributed by atoms with E-state index in [-0.39, 0.29) is 11.6 Å². The van der Waals surface area contributed by atoms with Gasteiger partial charge in [0.2, 0.25) is 0 Å². The lowest BCUT2D eigenvalue weighted by Crippen LogP contribution is -2.23. The van der Waals surface area contributed by atoms with Gasteiger partial charge in [0.05, 0.1) is 11.4 Å². The fourth-order valence-electron chi connectivity index (χ4n) is 3.17. The third-order valence-corrected chi connectivity index (χ3v) is 6.24. The monoisotopic (exact) mass is 483 g/mol. The van der Waals surface area contributed by atoms with E-state index in [1.165, 1.54) is 30.6 Å². The summed E-state index contributed by atoms with van der Waals surface area (Å²) in [6.07, 6.45) is 3.08. The maximum absolute atomic E-state index is 13.4. The first kappa shape index (κ1) is 23.1. The Kier molecular flexibility index (Phi) is 6.64. The van der Waals surface area contributed by atoms with E-state index in [1.807, 2.05) is 24.3 Å². The highest BCUT2D eigenvalue weighted by Crippen LogP contribution is 2.19.